The second kappa shape index (κ2) is 7.52. The van der Waals surface area contributed by atoms with Crippen LogP contribution in [0.25, 0.3) is 0 Å². The van der Waals surface area contributed by atoms with E-state index in [-0.39, 0.29) is 17.9 Å². The summed E-state index contributed by atoms with van der Waals surface area (Å²) in [5, 5.41) is 0.393. The maximum absolute atomic E-state index is 12.4. The smallest absolute Gasteiger partial charge is 0.338 e. The Balaban J connectivity index is 1.47. The number of hydrogen-bond donors (Lipinski definition) is 0. The monoisotopic (exact) mass is 423 g/mol. The third kappa shape index (κ3) is 3.74. The maximum atomic E-state index is 12.4. The molecule has 9 heteroatoms. The molecule has 0 unspecified atom stereocenters. The van der Waals surface area contributed by atoms with Crippen LogP contribution in [0.3, 0.4) is 0 Å². The number of sulfonamides is 1. The molecule has 0 amide bonds. The number of ether oxygens (including phenoxy) is 3. The van der Waals surface area contributed by atoms with Gasteiger partial charge >= 0.3 is 5.97 Å². The summed E-state index contributed by atoms with van der Waals surface area (Å²) in [7, 11) is -3.31. The molecule has 0 N–H and O–H groups in total. The summed E-state index contributed by atoms with van der Waals surface area (Å²) in [4.78, 5) is 12.4. The standard InChI is InChI=1S/C19H18ClNO6S/c20-16-9-13(10-17-18(16)26-7-6-25-17)12-27-19(22)14-3-1-4-15(11-14)21-5-2-8-28(21,23)24/h1,3-4,9-11H,2,5-8,12H2. The van der Waals surface area contributed by atoms with Crippen molar-refractivity contribution in [3.8, 4) is 11.5 Å². The van der Waals surface area contributed by atoms with E-state index in [0.29, 0.717) is 54.0 Å². The molecule has 7 nitrogen and oxygen atoms in total. The molecule has 0 atom stereocenters. The molecular formula is C19H18ClNO6S. The van der Waals surface area contributed by atoms with E-state index in [1.807, 2.05) is 0 Å². The van der Waals surface area contributed by atoms with Gasteiger partial charge in [0, 0.05) is 6.54 Å². The summed E-state index contributed by atoms with van der Waals surface area (Å²) in [6, 6.07) is 9.81. The first-order valence-corrected chi connectivity index (χ1v) is 10.8. The van der Waals surface area contributed by atoms with Gasteiger partial charge in [-0.05, 0) is 42.3 Å². The summed E-state index contributed by atoms with van der Waals surface area (Å²) >= 11 is 6.19. The van der Waals surface area contributed by atoms with E-state index in [2.05, 4.69) is 0 Å². The van der Waals surface area contributed by atoms with Gasteiger partial charge in [-0.25, -0.2) is 13.2 Å². The molecule has 0 spiro atoms. The Morgan fingerprint density at radius 3 is 2.79 bits per heavy atom. The third-order valence-corrected chi connectivity index (χ3v) is 6.65. The van der Waals surface area contributed by atoms with E-state index in [9.17, 15) is 13.2 Å². The molecule has 28 heavy (non-hydrogen) atoms. The molecule has 0 aromatic heterocycles. The van der Waals surface area contributed by atoms with Gasteiger partial charge in [-0.3, -0.25) is 4.31 Å². The topological polar surface area (TPSA) is 82.1 Å². The molecule has 2 aromatic carbocycles. The van der Waals surface area contributed by atoms with E-state index >= 15 is 0 Å². The Labute approximate surface area is 167 Å². The number of carbonyl (C=O) groups is 1. The molecule has 4 rings (SSSR count). The van der Waals surface area contributed by atoms with Gasteiger partial charge in [-0.1, -0.05) is 17.7 Å². The van der Waals surface area contributed by atoms with Crippen molar-refractivity contribution in [1.82, 2.24) is 0 Å². The highest BCUT2D eigenvalue weighted by molar-refractivity contribution is 7.93. The van der Waals surface area contributed by atoms with Crippen molar-refractivity contribution in [1.29, 1.82) is 0 Å². The average molecular weight is 424 g/mol. The number of anilines is 1. The second-order valence-electron chi connectivity index (χ2n) is 6.47. The fourth-order valence-corrected chi connectivity index (χ4v) is 5.04. The molecule has 2 aliphatic heterocycles. The van der Waals surface area contributed by atoms with Crippen LogP contribution >= 0.6 is 11.6 Å². The van der Waals surface area contributed by atoms with Crippen molar-refractivity contribution in [2.75, 3.05) is 29.8 Å². The van der Waals surface area contributed by atoms with Gasteiger partial charge < -0.3 is 14.2 Å². The SMILES string of the molecule is O=C(OCc1cc(Cl)c2c(c1)OCCO2)c1cccc(N2CCCS2(=O)=O)c1. The summed E-state index contributed by atoms with van der Waals surface area (Å²) in [5.74, 6) is 0.574. The molecule has 2 aromatic rings. The predicted molar refractivity (Wildman–Crippen MR) is 104 cm³/mol. The Hall–Kier alpha value is -2.45. The summed E-state index contributed by atoms with van der Waals surface area (Å²) < 4.78 is 41.8. The quantitative estimate of drug-likeness (QED) is 0.703. The number of carbonyl (C=O) groups excluding carboxylic acids is 1. The fourth-order valence-electron chi connectivity index (χ4n) is 3.20. The lowest BCUT2D eigenvalue weighted by Gasteiger charge is -2.20. The van der Waals surface area contributed by atoms with Crippen LogP contribution in [-0.4, -0.2) is 39.9 Å². The number of hydrogen-bond acceptors (Lipinski definition) is 6. The first kappa shape index (κ1) is 18.9. The van der Waals surface area contributed by atoms with Gasteiger partial charge in [0.2, 0.25) is 10.0 Å². The molecular weight excluding hydrogens is 406 g/mol. The van der Waals surface area contributed by atoms with Crippen molar-refractivity contribution >= 4 is 33.3 Å². The Morgan fingerprint density at radius 2 is 2.00 bits per heavy atom. The molecule has 148 valence electrons. The van der Waals surface area contributed by atoms with Gasteiger partial charge in [0.05, 0.1) is 22.0 Å². The second-order valence-corrected chi connectivity index (χ2v) is 8.89. The van der Waals surface area contributed by atoms with Gasteiger partial charge in [-0.15, -0.1) is 0 Å². The van der Waals surface area contributed by atoms with Crippen molar-refractivity contribution < 1.29 is 27.4 Å². The molecule has 0 radical (unpaired) electrons. The zero-order valence-corrected chi connectivity index (χ0v) is 16.5. The van der Waals surface area contributed by atoms with Crippen LogP contribution in [0.4, 0.5) is 5.69 Å². The third-order valence-electron chi connectivity index (χ3n) is 4.50. The van der Waals surface area contributed by atoms with Crippen LogP contribution in [0.5, 0.6) is 11.5 Å². The minimum absolute atomic E-state index is 0.00142. The summed E-state index contributed by atoms with van der Waals surface area (Å²) in [6.07, 6.45) is 0.571. The highest BCUT2D eigenvalue weighted by Gasteiger charge is 2.28. The van der Waals surface area contributed by atoms with Crippen LogP contribution in [0.2, 0.25) is 5.02 Å². The first-order chi connectivity index (χ1) is 13.4. The van der Waals surface area contributed by atoms with Gasteiger partial charge in [0.15, 0.2) is 11.5 Å². The Bertz CT molecular complexity index is 1020. The lowest BCUT2D eigenvalue weighted by atomic mass is 10.2. The first-order valence-electron chi connectivity index (χ1n) is 8.80. The minimum atomic E-state index is -3.31. The number of rotatable bonds is 4. The average Bonchev–Trinajstić information content (AvgIpc) is 3.05. The molecule has 1 fully saturated rings. The Kier molecular flexibility index (Phi) is 5.07. The minimum Gasteiger partial charge on any atom is -0.486 e. The number of halogens is 1. The highest BCUT2D eigenvalue weighted by Crippen LogP contribution is 2.38. The van der Waals surface area contributed by atoms with E-state index in [0.717, 1.165) is 0 Å². The van der Waals surface area contributed by atoms with E-state index in [1.165, 1.54) is 10.4 Å². The van der Waals surface area contributed by atoms with Crippen LogP contribution in [-0.2, 0) is 21.4 Å². The molecule has 0 saturated carbocycles. The van der Waals surface area contributed by atoms with E-state index in [4.69, 9.17) is 25.8 Å². The Morgan fingerprint density at radius 1 is 1.18 bits per heavy atom. The summed E-state index contributed by atoms with van der Waals surface area (Å²) in [6.45, 7) is 1.28. The highest BCUT2D eigenvalue weighted by atomic mass is 35.5. The van der Waals surface area contributed by atoms with Crippen LogP contribution in [0.1, 0.15) is 22.3 Å². The van der Waals surface area contributed by atoms with Crippen molar-refractivity contribution in [3.63, 3.8) is 0 Å². The maximum Gasteiger partial charge on any atom is 0.338 e. The van der Waals surface area contributed by atoms with Crippen LogP contribution < -0.4 is 13.8 Å². The van der Waals surface area contributed by atoms with Crippen molar-refractivity contribution in [3.05, 3.63) is 52.5 Å². The number of benzene rings is 2. The van der Waals surface area contributed by atoms with E-state index in [1.54, 1.807) is 30.3 Å². The predicted octanol–water partition coefficient (Wildman–Crippen LogP) is 3.01. The van der Waals surface area contributed by atoms with Gasteiger partial charge in [0.25, 0.3) is 0 Å². The summed E-state index contributed by atoms with van der Waals surface area (Å²) in [5.41, 5.74) is 1.42. The van der Waals surface area contributed by atoms with Gasteiger partial charge in [-0.2, -0.15) is 0 Å². The molecule has 0 bridgehead atoms. The largest absolute Gasteiger partial charge is 0.486 e. The molecule has 2 heterocycles. The normalized spacial score (nSPS) is 17.4. The molecule has 2 aliphatic rings. The zero-order chi connectivity index (χ0) is 19.7. The number of esters is 1. The zero-order valence-electron chi connectivity index (χ0n) is 14.9. The number of nitrogens with zero attached hydrogens (tertiary/aromatic N) is 1. The lowest BCUT2D eigenvalue weighted by Crippen LogP contribution is -2.25. The fraction of sp³-hybridized carbons (Fsp3) is 0.316. The number of fused-ring (bicyclic) bond motifs is 1. The molecule has 0 aliphatic carbocycles. The van der Waals surface area contributed by atoms with Crippen LogP contribution in [0, 0.1) is 0 Å². The van der Waals surface area contributed by atoms with Crippen molar-refractivity contribution in [2.24, 2.45) is 0 Å². The lowest BCUT2D eigenvalue weighted by molar-refractivity contribution is 0.0472. The van der Waals surface area contributed by atoms with E-state index < -0.39 is 16.0 Å². The van der Waals surface area contributed by atoms with Crippen molar-refractivity contribution in [2.45, 2.75) is 13.0 Å². The molecule has 1 saturated heterocycles. The van der Waals surface area contributed by atoms with Crippen LogP contribution in [0.15, 0.2) is 36.4 Å². The van der Waals surface area contributed by atoms with Gasteiger partial charge in [0.1, 0.15) is 19.8 Å².